The minimum atomic E-state index is -0.230. The minimum absolute atomic E-state index is 0.0295. The summed E-state index contributed by atoms with van der Waals surface area (Å²) in [5, 5.41) is 0.510. The summed E-state index contributed by atoms with van der Waals surface area (Å²) in [5.41, 5.74) is 7.06. The normalized spacial score (nSPS) is 14.6. The first-order chi connectivity index (χ1) is 12.0. The molecular weight excluding hydrogens is 341 g/mol. The Morgan fingerprint density at radius 3 is 2.64 bits per heavy atom. The van der Waals surface area contributed by atoms with E-state index in [4.69, 9.17) is 5.73 Å². The van der Waals surface area contributed by atoms with Crippen LogP contribution in [0.2, 0.25) is 0 Å². The van der Waals surface area contributed by atoms with E-state index >= 15 is 0 Å². The smallest absolute Gasteiger partial charge is 0.233 e. The molecule has 0 spiro atoms. The Bertz CT molecular complexity index is 744. The maximum absolute atomic E-state index is 13.9. The van der Waals surface area contributed by atoms with Crippen LogP contribution in [0.3, 0.4) is 0 Å². The lowest BCUT2D eigenvalue weighted by atomic mass is 10.2. The van der Waals surface area contributed by atoms with Gasteiger partial charge in [-0.1, -0.05) is 23.9 Å². The molecule has 0 radical (unpaired) electrons. The van der Waals surface area contributed by atoms with Crippen molar-refractivity contribution in [2.45, 2.75) is 12.1 Å². The fraction of sp³-hybridized carbons (Fsp3) is 0.353. The summed E-state index contributed by atoms with van der Waals surface area (Å²) >= 11 is 1.28. The Balaban J connectivity index is 1.52. The quantitative estimate of drug-likeness (QED) is 0.663. The molecule has 3 rings (SSSR count). The van der Waals surface area contributed by atoms with Gasteiger partial charge in [0.2, 0.25) is 5.91 Å². The molecule has 0 unspecified atom stereocenters. The van der Waals surface area contributed by atoms with Crippen LogP contribution in [-0.4, -0.2) is 52.7 Å². The van der Waals surface area contributed by atoms with E-state index in [0.717, 1.165) is 5.69 Å². The Hall–Kier alpha value is -2.35. The van der Waals surface area contributed by atoms with Gasteiger partial charge in [-0.15, -0.1) is 0 Å². The number of para-hydroxylation sites is 1. The molecule has 1 aromatic carbocycles. The average molecular weight is 361 g/mol. The van der Waals surface area contributed by atoms with E-state index in [1.807, 2.05) is 17.9 Å². The van der Waals surface area contributed by atoms with Crippen LogP contribution in [0.5, 0.6) is 0 Å². The largest absolute Gasteiger partial charge is 0.384 e. The number of carbonyl (C=O) groups excluding carboxylic acids is 1. The molecule has 1 fully saturated rings. The topological polar surface area (TPSA) is 75.3 Å². The highest BCUT2D eigenvalue weighted by atomic mass is 32.2. The number of anilines is 2. The summed E-state index contributed by atoms with van der Waals surface area (Å²) in [4.78, 5) is 24.5. The zero-order valence-corrected chi connectivity index (χ0v) is 14.8. The van der Waals surface area contributed by atoms with Gasteiger partial charge in [-0.2, -0.15) is 0 Å². The number of hydrogen-bond acceptors (Lipinski definition) is 6. The standard InChI is InChI=1S/C17H20FN5OS/c1-12-10-15(19)21-17(20-12)25-11-16(24)23-8-6-22(7-9-23)14-5-3-2-4-13(14)18/h2-5,10H,6-9,11H2,1H3,(H2,19,20,21). The zero-order valence-electron chi connectivity index (χ0n) is 14.0. The predicted molar refractivity (Wildman–Crippen MR) is 97.1 cm³/mol. The van der Waals surface area contributed by atoms with Crippen LogP contribution in [0.15, 0.2) is 35.5 Å². The number of rotatable bonds is 4. The van der Waals surface area contributed by atoms with Gasteiger partial charge in [0.1, 0.15) is 11.6 Å². The molecular formula is C17H20FN5OS. The van der Waals surface area contributed by atoms with Crippen LogP contribution in [0.25, 0.3) is 0 Å². The van der Waals surface area contributed by atoms with Gasteiger partial charge in [-0.05, 0) is 19.1 Å². The fourth-order valence-electron chi connectivity index (χ4n) is 2.75. The Labute approximate surface area is 150 Å². The number of halogens is 1. The molecule has 8 heteroatoms. The van der Waals surface area contributed by atoms with Crippen molar-refractivity contribution in [3.05, 3.63) is 41.8 Å². The van der Waals surface area contributed by atoms with E-state index < -0.39 is 0 Å². The molecule has 1 amide bonds. The second kappa shape index (κ2) is 7.69. The van der Waals surface area contributed by atoms with Crippen molar-refractivity contribution >= 4 is 29.2 Å². The van der Waals surface area contributed by atoms with Gasteiger partial charge in [0, 0.05) is 37.9 Å². The summed E-state index contributed by atoms with van der Waals surface area (Å²) in [7, 11) is 0. The second-order valence-electron chi connectivity index (χ2n) is 5.82. The van der Waals surface area contributed by atoms with E-state index in [2.05, 4.69) is 9.97 Å². The SMILES string of the molecule is Cc1cc(N)nc(SCC(=O)N2CCN(c3ccccc3F)CC2)n1. The highest BCUT2D eigenvalue weighted by Gasteiger charge is 2.22. The summed E-state index contributed by atoms with van der Waals surface area (Å²) in [6.07, 6.45) is 0. The van der Waals surface area contributed by atoms with E-state index in [-0.39, 0.29) is 17.5 Å². The first-order valence-electron chi connectivity index (χ1n) is 8.04. The van der Waals surface area contributed by atoms with Gasteiger partial charge in [0.05, 0.1) is 11.4 Å². The number of amides is 1. The van der Waals surface area contributed by atoms with Gasteiger partial charge in [0.25, 0.3) is 0 Å². The molecule has 2 N–H and O–H groups in total. The maximum Gasteiger partial charge on any atom is 0.233 e. The third kappa shape index (κ3) is 4.39. The van der Waals surface area contributed by atoms with Crippen LogP contribution in [0.4, 0.5) is 15.9 Å². The van der Waals surface area contributed by atoms with E-state index in [1.54, 1.807) is 23.1 Å². The molecule has 0 aliphatic carbocycles. The van der Waals surface area contributed by atoms with Crippen molar-refractivity contribution in [2.24, 2.45) is 0 Å². The van der Waals surface area contributed by atoms with Crippen molar-refractivity contribution in [1.82, 2.24) is 14.9 Å². The van der Waals surface area contributed by atoms with E-state index in [0.29, 0.717) is 42.8 Å². The molecule has 0 saturated carbocycles. The zero-order chi connectivity index (χ0) is 17.8. The van der Waals surface area contributed by atoms with Crippen LogP contribution in [0, 0.1) is 12.7 Å². The molecule has 0 atom stereocenters. The lowest BCUT2D eigenvalue weighted by Crippen LogP contribution is -2.49. The molecule has 1 saturated heterocycles. The van der Waals surface area contributed by atoms with Crippen LogP contribution in [-0.2, 0) is 4.79 Å². The summed E-state index contributed by atoms with van der Waals surface area (Å²) in [5.74, 6) is 0.470. The first kappa shape index (κ1) is 17.5. The van der Waals surface area contributed by atoms with Crippen LogP contribution < -0.4 is 10.6 Å². The number of piperazine rings is 1. The van der Waals surface area contributed by atoms with Crippen molar-refractivity contribution in [3.8, 4) is 0 Å². The van der Waals surface area contributed by atoms with Crippen molar-refractivity contribution in [2.75, 3.05) is 42.6 Å². The predicted octanol–water partition coefficient (Wildman–Crippen LogP) is 1.95. The number of nitrogens with zero attached hydrogens (tertiary/aromatic N) is 4. The molecule has 2 heterocycles. The Morgan fingerprint density at radius 2 is 1.96 bits per heavy atom. The minimum Gasteiger partial charge on any atom is -0.384 e. The number of benzene rings is 1. The number of hydrogen-bond donors (Lipinski definition) is 1. The lowest BCUT2D eigenvalue weighted by molar-refractivity contribution is -0.128. The number of carbonyl (C=O) groups is 1. The third-order valence-corrected chi connectivity index (χ3v) is 4.84. The van der Waals surface area contributed by atoms with Crippen LogP contribution >= 0.6 is 11.8 Å². The molecule has 1 aliphatic heterocycles. The number of aryl methyl sites for hydroxylation is 1. The van der Waals surface area contributed by atoms with Gasteiger partial charge in [-0.3, -0.25) is 4.79 Å². The number of aromatic nitrogens is 2. The molecule has 0 bridgehead atoms. The van der Waals surface area contributed by atoms with Gasteiger partial charge in [-0.25, -0.2) is 14.4 Å². The number of nitrogen functional groups attached to an aromatic ring is 1. The van der Waals surface area contributed by atoms with Gasteiger partial charge < -0.3 is 15.5 Å². The highest BCUT2D eigenvalue weighted by Crippen LogP contribution is 2.21. The molecule has 132 valence electrons. The highest BCUT2D eigenvalue weighted by molar-refractivity contribution is 7.99. The van der Waals surface area contributed by atoms with Crippen LogP contribution in [0.1, 0.15) is 5.69 Å². The maximum atomic E-state index is 13.9. The molecule has 2 aromatic rings. The van der Waals surface area contributed by atoms with E-state index in [1.165, 1.54) is 17.8 Å². The van der Waals surface area contributed by atoms with Crippen molar-refractivity contribution in [3.63, 3.8) is 0 Å². The Morgan fingerprint density at radius 1 is 1.24 bits per heavy atom. The van der Waals surface area contributed by atoms with Gasteiger partial charge in [0.15, 0.2) is 5.16 Å². The molecule has 1 aromatic heterocycles. The summed E-state index contributed by atoms with van der Waals surface area (Å²) in [6, 6.07) is 8.41. The monoisotopic (exact) mass is 361 g/mol. The first-order valence-corrected chi connectivity index (χ1v) is 9.02. The summed E-state index contributed by atoms with van der Waals surface area (Å²) in [6.45, 7) is 4.22. The van der Waals surface area contributed by atoms with Crippen molar-refractivity contribution < 1.29 is 9.18 Å². The molecule has 6 nitrogen and oxygen atoms in total. The fourth-order valence-corrected chi connectivity index (χ4v) is 3.57. The molecule has 1 aliphatic rings. The lowest BCUT2D eigenvalue weighted by Gasteiger charge is -2.36. The third-order valence-electron chi connectivity index (χ3n) is 4.00. The summed E-state index contributed by atoms with van der Waals surface area (Å²) < 4.78 is 13.9. The number of nitrogens with two attached hydrogens (primary N) is 1. The average Bonchev–Trinajstić information content (AvgIpc) is 2.59. The molecule has 25 heavy (non-hydrogen) atoms. The second-order valence-corrected chi connectivity index (χ2v) is 6.77. The van der Waals surface area contributed by atoms with Crippen molar-refractivity contribution in [1.29, 1.82) is 0 Å². The number of thioether (sulfide) groups is 1. The van der Waals surface area contributed by atoms with Gasteiger partial charge >= 0.3 is 0 Å². The van der Waals surface area contributed by atoms with E-state index in [9.17, 15) is 9.18 Å². The Kier molecular flexibility index (Phi) is 5.37.